The molecule has 1 aromatic heterocycles. The average Bonchev–Trinajstić information content (AvgIpc) is 2.93. The summed E-state index contributed by atoms with van der Waals surface area (Å²) in [5.41, 5.74) is 1.50. The van der Waals surface area contributed by atoms with Crippen LogP contribution in [0.2, 0.25) is 0 Å². The van der Waals surface area contributed by atoms with Gasteiger partial charge >= 0.3 is 0 Å². The number of aromatic nitrogens is 2. The molecule has 0 saturated carbocycles. The molecule has 0 spiro atoms. The van der Waals surface area contributed by atoms with Crippen molar-refractivity contribution in [2.45, 2.75) is 0 Å². The smallest absolute Gasteiger partial charge is 0.256 e. The summed E-state index contributed by atoms with van der Waals surface area (Å²) in [6.45, 7) is 1.43. The fraction of sp³-hybridized carbons (Fsp3) is 0.286. The number of nitrogens with one attached hydrogen (secondary N) is 1. The highest BCUT2D eigenvalue weighted by Gasteiger charge is 2.13. The number of hydrogen-bond acceptors (Lipinski definition) is 3. The van der Waals surface area contributed by atoms with Crippen molar-refractivity contribution in [1.82, 2.24) is 20.0 Å². The fourth-order valence-corrected chi connectivity index (χ4v) is 2.18. The van der Waals surface area contributed by atoms with E-state index in [9.17, 15) is 4.79 Å². The van der Waals surface area contributed by atoms with Crippen molar-refractivity contribution in [1.29, 1.82) is 0 Å². The highest BCUT2D eigenvalue weighted by Crippen LogP contribution is 2.15. The maximum Gasteiger partial charge on any atom is 0.256 e. The molecule has 1 aromatic carbocycles. The van der Waals surface area contributed by atoms with E-state index in [-0.39, 0.29) is 5.91 Å². The summed E-state index contributed by atoms with van der Waals surface area (Å²) in [7, 11) is 3.65. The summed E-state index contributed by atoms with van der Waals surface area (Å²) in [6, 6.07) is 7.77. The van der Waals surface area contributed by atoms with Crippen LogP contribution in [0.1, 0.15) is 10.4 Å². The summed E-state index contributed by atoms with van der Waals surface area (Å²) in [5, 5.41) is 7.27. The molecular formula is C14H17BrN4O. The Bertz CT molecular complexity index is 596. The van der Waals surface area contributed by atoms with E-state index in [2.05, 4.69) is 26.3 Å². The number of nitrogens with zero attached hydrogens (tertiary/aromatic N) is 3. The van der Waals surface area contributed by atoms with Gasteiger partial charge in [0.2, 0.25) is 0 Å². The summed E-state index contributed by atoms with van der Waals surface area (Å²) in [6.07, 6.45) is 3.35. The molecule has 5 nitrogen and oxygen atoms in total. The van der Waals surface area contributed by atoms with Gasteiger partial charge in [0.1, 0.15) is 0 Å². The van der Waals surface area contributed by atoms with Gasteiger partial charge in [-0.25, -0.2) is 4.68 Å². The van der Waals surface area contributed by atoms with Crippen molar-refractivity contribution < 1.29 is 4.79 Å². The van der Waals surface area contributed by atoms with Crippen LogP contribution in [0.4, 0.5) is 0 Å². The highest BCUT2D eigenvalue weighted by atomic mass is 79.9. The molecule has 0 atom stereocenters. The third kappa shape index (κ3) is 3.46. The molecule has 0 unspecified atom stereocenters. The Labute approximate surface area is 126 Å². The van der Waals surface area contributed by atoms with Crippen LogP contribution in [0, 0.1) is 0 Å². The summed E-state index contributed by atoms with van der Waals surface area (Å²) in [4.78, 5) is 13.9. The number of rotatable bonds is 5. The van der Waals surface area contributed by atoms with Crippen LogP contribution in [0.25, 0.3) is 5.69 Å². The number of halogens is 1. The van der Waals surface area contributed by atoms with E-state index >= 15 is 0 Å². The first-order chi connectivity index (χ1) is 9.61. The molecule has 0 radical (unpaired) electrons. The van der Waals surface area contributed by atoms with Crippen LogP contribution in [-0.2, 0) is 0 Å². The monoisotopic (exact) mass is 336 g/mol. The maximum atomic E-state index is 12.2. The molecule has 2 aromatic rings. The Balaban J connectivity index is 2.14. The number of amides is 1. The second-order valence-corrected chi connectivity index (χ2v) is 5.40. The van der Waals surface area contributed by atoms with Crippen LogP contribution >= 0.6 is 15.9 Å². The lowest BCUT2D eigenvalue weighted by Crippen LogP contribution is -2.32. The van der Waals surface area contributed by atoms with Gasteiger partial charge in [-0.3, -0.25) is 4.79 Å². The molecule has 6 heteroatoms. The normalized spacial score (nSPS) is 10.6. The largest absolute Gasteiger partial charge is 0.340 e. The van der Waals surface area contributed by atoms with Crippen molar-refractivity contribution in [3.8, 4) is 5.69 Å². The Hall–Kier alpha value is -1.66. The molecule has 20 heavy (non-hydrogen) atoms. The predicted molar refractivity (Wildman–Crippen MR) is 82.2 cm³/mol. The van der Waals surface area contributed by atoms with Gasteiger partial charge < -0.3 is 10.2 Å². The molecule has 0 saturated heterocycles. The zero-order valence-electron chi connectivity index (χ0n) is 11.5. The third-order valence-electron chi connectivity index (χ3n) is 2.95. The molecule has 0 aliphatic heterocycles. The summed E-state index contributed by atoms with van der Waals surface area (Å²) in [5.74, 6) is -0.0264. The second kappa shape index (κ2) is 6.67. The van der Waals surface area contributed by atoms with Crippen LogP contribution in [-0.4, -0.2) is 47.8 Å². The van der Waals surface area contributed by atoms with E-state index in [4.69, 9.17) is 0 Å². The Morgan fingerprint density at radius 2 is 2.30 bits per heavy atom. The van der Waals surface area contributed by atoms with E-state index in [1.807, 2.05) is 31.3 Å². The summed E-state index contributed by atoms with van der Waals surface area (Å²) >= 11 is 3.42. The number of benzene rings is 1. The van der Waals surface area contributed by atoms with Gasteiger partial charge in [-0.05, 0) is 25.2 Å². The maximum absolute atomic E-state index is 12.2. The fourth-order valence-electron chi connectivity index (χ4n) is 1.79. The van der Waals surface area contributed by atoms with Gasteiger partial charge in [0.25, 0.3) is 5.91 Å². The SMILES string of the molecule is CNCCN(C)C(=O)c1cnn(-c2cccc(Br)c2)c1. The Morgan fingerprint density at radius 3 is 3.00 bits per heavy atom. The third-order valence-corrected chi connectivity index (χ3v) is 3.44. The molecule has 0 aliphatic carbocycles. The van der Waals surface area contributed by atoms with E-state index < -0.39 is 0 Å². The van der Waals surface area contributed by atoms with Gasteiger partial charge in [-0.15, -0.1) is 0 Å². The first kappa shape index (κ1) is 14.7. The molecule has 0 aliphatic rings. The van der Waals surface area contributed by atoms with Crippen molar-refractivity contribution >= 4 is 21.8 Å². The molecule has 0 bridgehead atoms. The van der Waals surface area contributed by atoms with Crippen molar-refractivity contribution in [2.24, 2.45) is 0 Å². The number of carbonyl (C=O) groups excluding carboxylic acids is 1. The van der Waals surface area contributed by atoms with E-state index in [1.165, 1.54) is 0 Å². The molecule has 1 N–H and O–H groups in total. The second-order valence-electron chi connectivity index (χ2n) is 4.48. The molecule has 2 rings (SSSR count). The van der Waals surface area contributed by atoms with Gasteiger partial charge in [0, 0.05) is 30.8 Å². The summed E-state index contributed by atoms with van der Waals surface area (Å²) < 4.78 is 2.67. The zero-order valence-corrected chi connectivity index (χ0v) is 13.1. The molecule has 0 fully saturated rings. The number of likely N-dealkylation sites (N-methyl/N-ethyl adjacent to an activating group) is 2. The van der Waals surface area contributed by atoms with Crippen LogP contribution in [0.15, 0.2) is 41.1 Å². The first-order valence-corrected chi connectivity index (χ1v) is 7.12. The first-order valence-electron chi connectivity index (χ1n) is 6.32. The number of carbonyl (C=O) groups is 1. The molecule has 1 amide bonds. The minimum absolute atomic E-state index is 0.0264. The van der Waals surface area contributed by atoms with Gasteiger partial charge in [-0.2, -0.15) is 5.10 Å². The van der Waals surface area contributed by atoms with Crippen molar-refractivity contribution in [2.75, 3.05) is 27.2 Å². The van der Waals surface area contributed by atoms with E-state index in [0.29, 0.717) is 12.1 Å². The topological polar surface area (TPSA) is 50.2 Å². The standard InChI is InChI=1S/C14H17BrN4O/c1-16-6-7-18(2)14(20)11-9-17-19(10-11)13-5-3-4-12(15)8-13/h3-5,8-10,16H,6-7H2,1-2H3. The van der Waals surface area contributed by atoms with Gasteiger partial charge in [0.05, 0.1) is 17.4 Å². The Morgan fingerprint density at radius 1 is 1.50 bits per heavy atom. The lowest BCUT2D eigenvalue weighted by Gasteiger charge is -2.15. The van der Waals surface area contributed by atoms with Crippen molar-refractivity contribution in [3.63, 3.8) is 0 Å². The van der Waals surface area contributed by atoms with E-state index in [1.54, 1.807) is 29.0 Å². The lowest BCUT2D eigenvalue weighted by molar-refractivity contribution is 0.0797. The number of hydrogen-bond donors (Lipinski definition) is 1. The molecular weight excluding hydrogens is 320 g/mol. The predicted octanol–water partition coefficient (Wildman–Crippen LogP) is 1.93. The van der Waals surface area contributed by atoms with Crippen molar-refractivity contribution in [3.05, 3.63) is 46.7 Å². The van der Waals surface area contributed by atoms with E-state index in [0.717, 1.165) is 16.7 Å². The highest BCUT2D eigenvalue weighted by molar-refractivity contribution is 9.10. The van der Waals surface area contributed by atoms with Crippen LogP contribution in [0.5, 0.6) is 0 Å². The van der Waals surface area contributed by atoms with Gasteiger partial charge in [0.15, 0.2) is 0 Å². The minimum atomic E-state index is -0.0264. The Kier molecular flexibility index (Phi) is 4.92. The van der Waals surface area contributed by atoms with Crippen LogP contribution < -0.4 is 5.32 Å². The minimum Gasteiger partial charge on any atom is -0.340 e. The molecule has 1 heterocycles. The quantitative estimate of drug-likeness (QED) is 0.907. The van der Waals surface area contributed by atoms with Crippen LogP contribution in [0.3, 0.4) is 0 Å². The zero-order chi connectivity index (χ0) is 14.5. The van der Waals surface area contributed by atoms with Gasteiger partial charge in [-0.1, -0.05) is 22.0 Å². The lowest BCUT2D eigenvalue weighted by atomic mass is 10.3. The molecule has 106 valence electrons. The average molecular weight is 337 g/mol.